The molecule has 15 heavy (non-hydrogen) atoms. The van der Waals surface area contributed by atoms with E-state index in [0.29, 0.717) is 19.5 Å². The van der Waals surface area contributed by atoms with Crippen LogP contribution < -0.4 is 5.73 Å². The van der Waals surface area contributed by atoms with Crippen LogP contribution in [0.5, 0.6) is 0 Å². The molecule has 0 spiro atoms. The molecular weight excluding hydrogens is 198 g/mol. The molecule has 0 aliphatic carbocycles. The topological polar surface area (TPSA) is 97.3 Å². The van der Waals surface area contributed by atoms with Crippen molar-refractivity contribution in [1.82, 2.24) is 19.7 Å². The highest BCUT2D eigenvalue weighted by Gasteiger charge is 2.24. The number of nitrogens with zero attached hydrogens (tertiary/aromatic N) is 4. The maximum absolute atomic E-state index is 11.7. The van der Waals surface area contributed by atoms with Crippen molar-refractivity contribution in [2.45, 2.75) is 19.1 Å². The second-order valence-electron chi connectivity index (χ2n) is 3.58. The first-order valence-electron chi connectivity index (χ1n) is 4.76. The van der Waals surface area contributed by atoms with Crippen LogP contribution in [0.15, 0.2) is 6.33 Å². The number of aliphatic hydroxyl groups excluding tert-OH is 1. The van der Waals surface area contributed by atoms with E-state index in [-0.39, 0.29) is 18.4 Å². The Balaban J connectivity index is 1.92. The Morgan fingerprint density at radius 3 is 3.07 bits per heavy atom. The normalized spacial score (nSPS) is 20.9. The quantitative estimate of drug-likeness (QED) is 0.617. The molecule has 0 bridgehead atoms. The van der Waals surface area contributed by atoms with Gasteiger partial charge in [-0.1, -0.05) is 0 Å². The van der Waals surface area contributed by atoms with Gasteiger partial charge in [0.2, 0.25) is 11.9 Å². The number of hydrogen-bond acceptors (Lipinski definition) is 5. The van der Waals surface area contributed by atoms with Gasteiger partial charge in [-0.25, -0.2) is 9.67 Å². The van der Waals surface area contributed by atoms with E-state index in [2.05, 4.69) is 10.1 Å². The number of nitrogens with two attached hydrogens (primary N) is 1. The number of aromatic nitrogens is 3. The molecule has 2 heterocycles. The van der Waals surface area contributed by atoms with Gasteiger partial charge in [0.25, 0.3) is 0 Å². The Morgan fingerprint density at radius 1 is 1.73 bits per heavy atom. The van der Waals surface area contributed by atoms with Crippen LogP contribution in [0, 0.1) is 0 Å². The fraction of sp³-hybridized carbons (Fsp3) is 0.625. The molecule has 1 amide bonds. The summed E-state index contributed by atoms with van der Waals surface area (Å²) in [4.78, 5) is 17.0. The number of β-amino-alcohol motifs (C(OH)–C–C–N with tert-alkyl or cyclic N) is 1. The van der Waals surface area contributed by atoms with Crippen LogP contribution in [0.1, 0.15) is 6.42 Å². The van der Waals surface area contributed by atoms with Crippen LogP contribution in [0.2, 0.25) is 0 Å². The largest absolute Gasteiger partial charge is 0.391 e. The lowest BCUT2D eigenvalue weighted by atomic mass is 10.3. The molecule has 1 aromatic rings. The summed E-state index contributed by atoms with van der Waals surface area (Å²) in [6.45, 7) is 1.13. The first kappa shape index (κ1) is 9.91. The average Bonchev–Trinajstić information content (AvgIpc) is 2.75. The van der Waals surface area contributed by atoms with Gasteiger partial charge in [0, 0.05) is 13.1 Å². The summed E-state index contributed by atoms with van der Waals surface area (Å²) in [5.41, 5.74) is 5.32. The molecule has 1 aromatic heterocycles. The Hall–Kier alpha value is -1.63. The second kappa shape index (κ2) is 3.85. The number of carbonyl (C=O) groups is 1. The van der Waals surface area contributed by atoms with Crippen molar-refractivity contribution >= 4 is 11.9 Å². The monoisotopic (exact) mass is 211 g/mol. The molecule has 1 fully saturated rings. The van der Waals surface area contributed by atoms with Gasteiger partial charge in [0.15, 0.2) is 0 Å². The van der Waals surface area contributed by atoms with Gasteiger partial charge in [-0.2, -0.15) is 0 Å². The van der Waals surface area contributed by atoms with Crippen molar-refractivity contribution in [1.29, 1.82) is 0 Å². The third-order valence-electron chi connectivity index (χ3n) is 2.37. The fourth-order valence-electron chi connectivity index (χ4n) is 1.59. The van der Waals surface area contributed by atoms with Gasteiger partial charge in [0.1, 0.15) is 12.9 Å². The van der Waals surface area contributed by atoms with Crippen LogP contribution in [0.3, 0.4) is 0 Å². The van der Waals surface area contributed by atoms with Crippen molar-refractivity contribution in [3.8, 4) is 0 Å². The molecule has 82 valence electrons. The van der Waals surface area contributed by atoms with Crippen LogP contribution in [-0.2, 0) is 11.3 Å². The van der Waals surface area contributed by atoms with E-state index < -0.39 is 6.10 Å². The zero-order valence-corrected chi connectivity index (χ0v) is 8.20. The lowest BCUT2D eigenvalue weighted by Crippen LogP contribution is -2.32. The highest BCUT2D eigenvalue weighted by molar-refractivity contribution is 5.76. The van der Waals surface area contributed by atoms with Crippen molar-refractivity contribution in [2.24, 2.45) is 0 Å². The summed E-state index contributed by atoms with van der Waals surface area (Å²) in [7, 11) is 0. The number of carbonyl (C=O) groups excluding carboxylic acids is 1. The SMILES string of the molecule is Nc1ncn(CC(=O)N2CC[C@H](O)C2)n1. The van der Waals surface area contributed by atoms with Crippen molar-refractivity contribution < 1.29 is 9.90 Å². The Labute approximate surface area is 86.5 Å². The van der Waals surface area contributed by atoms with Gasteiger partial charge in [-0.05, 0) is 6.42 Å². The summed E-state index contributed by atoms with van der Waals surface area (Å²) >= 11 is 0. The highest BCUT2D eigenvalue weighted by Crippen LogP contribution is 2.09. The Bertz CT molecular complexity index is 364. The molecular formula is C8H13N5O2. The minimum Gasteiger partial charge on any atom is -0.391 e. The maximum atomic E-state index is 11.7. The summed E-state index contributed by atoms with van der Waals surface area (Å²) in [6, 6.07) is 0. The summed E-state index contributed by atoms with van der Waals surface area (Å²) in [5, 5.41) is 13.1. The summed E-state index contributed by atoms with van der Waals surface area (Å²) in [6.07, 6.45) is 1.67. The van der Waals surface area contributed by atoms with Crippen LogP contribution in [-0.4, -0.2) is 49.9 Å². The number of aliphatic hydroxyl groups is 1. The third kappa shape index (κ3) is 2.24. The standard InChI is InChI=1S/C8H13N5O2/c9-8-10-5-13(11-8)4-7(15)12-2-1-6(14)3-12/h5-6,14H,1-4H2,(H2,9,11)/t6-/m0/s1. The zero-order valence-electron chi connectivity index (χ0n) is 8.20. The summed E-state index contributed by atoms with van der Waals surface area (Å²) < 4.78 is 1.39. The van der Waals surface area contributed by atoms with E-state index in [9.17, 15) is 9.90 Å². The highest BCUT2D eigenvalue weighted by atomic mass is 16.3. The zero-order chi connectivity index (χ0) is 10.8. The minimum atomic E-state index is -0.394. The molecule has 0 saturated carbocycles. The van der Waals surface area contributed by atoms with Gasteiger partial charge < -0.3 is 15.7 Å². The molecule has 7 nitrogen and oxygen atoms in total. The van der Waals surface area contributed by atoms with Crippen molar-refractivity contribution in [2.75, 3.05) is 18.8 Å². The molecule has 0 aromatic carbocycles. The molecule has 1 aliphatic heterocycles. The first-order chi connectivity index (χ1) is 7.15. The maximum Gasteiger partial charge on any atom is 0.244 e. The Kier molecular flexibility index (Phi) is 2.55. The number of amides is 1. The molecule has 2 rings (SSSR count). The van der Waals surface area contributed by atoms with Crippen molar-refractivity contribution in [3.63, 3.8) is 0 Å². The molecule has 1 saturated heterocycles. The Morgan fingerprint density at radius 2 is 2.53 bits per heavy atom. The lowest BCUT2D eigenvalue weighted by molar-refractivity contribution is -0.131. The number of rotatable bonds is 2. The van der Waals surface area contributed by atoms with Crippen LogP contribution in [0.25, 0.3) is 0 Å². The molecule has 1 aliphatic rings. The van der Waals surface area contributed by atoms with E-state index in [1.165, 1.54) is 11.0 Å². The van der Waals surface area contributed by atoms with Crippen LogP contribution in [0.4, 0.5) is 5.95 Å². The first-order valence-corrected chi connectivity index (χ1v) is 4.76. The van der Waals surface area contributed by atoms with Gasteiger partial charge in [-0.3, -0.25) is 4.79 Å². The number of nitrogen functional groups attached to an aromatic ring is 1. The number of likely N-dealkylation sites (tertiary alicyclic amines) is 1. The molecule has 3 N–H and O–H groups in total. The van der Waals surface area contributed by atoms with E-state index in [1.807, 2.05) is 0 Å². The average molecular weight is 211 g/mol. The summed E-state index contributed by atoms with van der Waals surface area (Å²) in [5.74, 6) is 0.0840. The third-order valence-corrected chi connectivity index (χ3v) is 2.37. The van der Waals surface area contributed by atoms with E-state index in [1.54, 1.807) is 4.90 Å². The van der Waals surface area contributed by atoms with Gasteiger partial charge in [-0.15, -0.1) is 5.10 Å². The molecule has 0 radical (unpaired) electrons. The number of hydrogen-bond donors (Lipinski definition) is 2. The van der Waals surface area contributed by atoms with Crippen LogP contribution >= 0.6 is 0 Å². The smallest absolute Gasteiger partial charge is 0.244 e. The molecule has 7 heteroatoms. The van der Waals surface area contributed by atoms with E-state index >= 15 is 0 Å². The van der Waals surface area contributed by atoms with E-state index in [4.69, 9.17) is 5.73 Å². The second-order valence-corrected chi connectivity index (χ2v) is 3.58. The molecule has 1 atom stereocenters. The predicted molar refractivity (Wildman–Crippen MR) is 51.6 cm³/mol. The molecule has 0 unspecified atom stereocenters. The van der Waals surface area contributed by atoms with E-state index in [0.717, 1.165) is 0 Å². The number of anilines is 1. The fourth-order valence-corrected chi connectivity index (χ4v) is 1.59. The van der Waals surface area contributed by atoms with Gasteiger partial charge in [0.05, 0.1) is 6.10 Å². The predicted octanol–water partition coefficient (Wildman–Crippen LogP) is -1.55. The lowest BCUT2D eigenvalue weighted by Gasteiger charge is -2.14. The van der Waals surface area contributed by atoms with Crippen molar-refractivity contribution in [3.05, 3.63) is 6.33 Å². The minimum absolute atomic E-state index is 0.0727. The van der Waals surface area contributed by atoms with Gasteiger partial charge >= 0.3 is 0 Å².